The van der Waals surface area contributed by atoms with Crippen molar-refractivity contribution in [3.05, 3.63) is 71.2 Å². The summed E-state index contributed by atoms with van der Waals surface area (Å²) in [6.45, 7) is 6.94. The van der Waals surface area contributed by atoms with Crippen LogP contribution in [0.15, 0.2) is 48.7 Å². The Kier molecular flexibility index (Phi) is 7.08. The summed E-state index contributed by atoms with van der Waals surface area (Å²) >= 11 is 0. The Morgan fingerprint density at radius 2 is 1.70 bits per heavy atom. The van der Waals surface area contributed by atoms with Crippen LogP contribution >= 0.6 is 0 Å². The average molecular weight is 559 g/mol. The molecule has 1 fully saturated rings. The molecule has 1 saturated carbocycles. The number of rotatable bonds is 5. The molecular weight excluding hydrogens is 527 g/mol. The molecule has 0 atom stereocenters. The molecule has 1 aromatic carbocycles. The molecule has 1 aliphatic rings. The second-order valence-corrected chi connectivity index (χ2v) is 11.4. The van der Waals surface area contributed by atoms with Gasteiger partial charge in [0.15, 0.2) is 0 Å². The topological polar surface area (TPSA) is 52.8 Å². The van der Waals surface area contributed by atoms with Crippen LogP contribution in [0.5, 0.6) is 5.75 Å². The van der Waals surface area contributed by atoms with Gasteiger partial charge in [0, 0.05) is 30.5 Å². The van der Waals surface area contributed by atoms with E-state index < -0.39 is 42.0 Å². The molecule has 0 bridgehead atoms. The van der Waals surface area contributed by atoms with Gasteiger partial charge in [-0.15, -0.1) is 0 Å². The van der Waals surface area contributed by atoms with Crippen molar-refractivity contribution in [3.8, 4) is 17.1 Å². The van der Waals surface area contributed by atoms with Crippen molar-refractivity contribution in [1.29, 1.82) is 0 Å². The summed E-state index contributed by atoms with van der Waals surface area (Å²) in [5.74, 6) is -2.50. The average Bonchev–Trinajstić information content (AvgIpc) is 3.30. The lowest BCUT2D eigenvalue weighted by Crippen LogP contribution is -2.27. The lowest BCUT2D eigenvalue weighted by Gasteiger charge is -2.29. The molecule has 0 aliphatic heterocycles. The highest BCUT2D eigenvalue weighted by Crippen LogP contribution is 2.47. The molecule has 5 rings (SSSR count). The first-order chi connectivity index (χ1) is 18.7. The van der Waals surface area contributed by atoms with Crippen LogP contribution in [0, 0.1) is 6.92 Å². The standard InChI is InChI=1S/C30H31F5N4O/c1-18-24-21(12-15-36-18)37-22(16-23(24)40-17-19-8-6-5-7-9-19)26-25(30(33,34)35)27(28(2,3)4)38-39(26)20-10-13-29(31,32)14-11-20/h5-9,12,15-16,20H,10-11,13-14,17H2,1-4H3. The maximum atomic E-state index is 14.8. The zero-order valence-electron chi connectivity index (χ0n) is 22.8. The zero-order valence-corrected chi connectivity index (χ0v) is 22.8. The summed E-state index contributed by atoms with van der Waals surface area (Å²) < 4.78 is 80.0. The molecule has 5 nitrogen and oxygen atoms in total. The van der Waals surface area contributed by atoms with Gasteiger partial charge in [0.1, 0.15) is 17.9 Å². The van der Waals surface area contributed by atoms with Crippen molar-refractivity contribution >= 4 is 10.9 Å². The number of halogens is 5. The Bertz CT molecular complexity index is 1510. The molecule has 40 heavy (non-hydrogen) atoms. The Morgan fingerprint density at radius 1 is 1.02 bits per heavy atom. The highest BCUT2D eigenvalue weighted by atomic mass is 19.4. The number of hydrogen-bond donors (Lipinski definition) is 0. The summed E-state index contributed by atoms with van der Waals surface area (Å²) in [6.07, 6.45) is -4.02. The maximum absolute atomic E-state index is 14.8. The molecule has 3 aromatic heterocycles. The zero-order chi connectivity index (χ0) is 28.9. The first-order valence-electron chi connectivity index (χ1n) is 13.3. The van der Waals surface area contributed by atoms with Gasteiger partial charge >= 0.3 is 6.18 Å². The predicted octanol–water partition coefficient (Wildman–Crippen LogP) is 8.45. The second-order valence-electron chi connectivity index (χ2n) is 11.4. The summed E-state index contributed by atoms with van der Waals surface area (Å²) in [6, 6.07) is 11.9. The molecule has 1 aliphatic carbocycles. The van der Waals surface area contributed by atoms with Gasteiger partial charge in [-0.3, -0.25) is 9.67 Å². The molecule has 0 unspecified atom stereocenters. The molecule has 0 saturated heterocycles. The molecule has 212 valence electrons. The number of ether oxygens (including phenoxy) is 1. The van der Waals surface area contributed by atoms with Gasteiger partial charge in [0.2, 0.25) is 5.92 Å². The summed E-state index contributed by atoms with van der Waals surface area (Å²) in [5.41, 5.74) is -0.295. The Morgan fingerprint density at radius 3 is 2.33 bits per heavy atom. The fourth-order valence-electron chi connectivity index (χ4n) is 5.29. The van der Waals surface area contributed by atoms with E-state index in [1.165, 1.54) is 10.7 Å². The molecule has 0 spiro atoms. The highest BCUT2D eigenvalue weighted by Gasteiger charge is 2.46. The Hall–Kier alpha value is -3.56. The molecule has 4 aromatic rings. The third-order valence-corrected chi connectivity index (χ3v) is 7.29. The third-order valence-electron chi connectivity index (χ3n) is 7.29. The molecular formula is C30H31F5N4O. The van der Waals surface area contributed by atoms with E-state index in [2.05, 4.69) is 15.1 Å². The Balaban J connectivity index is 1.74. The largest absolute Gasteiger partial charge is 0.488 e. The minimum Gasteiger partial charge on any atom is -0.488 e. The third kappa shape index (κ3) is 5.53. The minimum atomic E-state index is -4.76. The van der Waals surface area contributed by atoms with Crippen molar-refractivity contribution in [2.45, 2.75) is 83.5 Å². The minimum absolute atomic E-state index is 0.0105. The van der Waals surface area contributed by atoms with Crippen molar-refractivity contribution in [1.82, 2.24) is 19.7 Å². The van der Waals surface area contributed by atoms with E-state index in [-0.39, 0.29) is 36.5 Å². The quantitative estimate of drug-likeness (QED) is 0.231. The van der Waals surface area contributed by atoms with Crippen molar-refractivity contribution in [2.24, 2.45) is 0 Å². The van der Waals surface area contributed by atoms with Gasteiger partial charge in [-0.25, -0.2) is 13.8 Å². The van der Waals surface area contributed by atoms with E-state index in [4.69, 9.17) is 4.74 Å². The van der Waals surface area contributed by atoms with E-state index in [1.54, 1.807) is 40.0 Å². The van der Waals surface area contributed by atoms with Gasteiger partial charge in [0.05, 0.1) is 39.7 Å². The van der Waals surface area contributed by atoms with Crippen LogP contribution in [0.1, 0.15) is 75.0 Å². The van der Waals surface area contributed by atoms with Crippen molar-refractivity contribution in [3.63, 3.8) is 0 Å². The van der Waals surface area contributed by atoms with E-state index in [9.17, 15) is 22.0 Å². The van der Waals surface area contributed by atoms with Gasteiger partial charge in [0.25, 0.3) is 0 Å². The first kappa shape index (κ1) is 28.0. The monoisotopic (exact) mass is 558 g/mol. The normalized spacial score (nSPS) is 16.4. The lowest BCUT2D eigenvalue weighted by atomic mass is 9.88. The Labute approximate surface area is 229 Å². The molecule has 0 amide bonds. The van der Waals surface area contributed by atoms with E-state index in [0.29, 0.717) is 22.3 Å². The lowest BCUT2D eigenvalue weighted by molar-refractivity contribution is -0.138. The number of alkyl halides is 5. The molecule has 0 radical (unpaired) electrons. The predicted molar refractivity (Wildman–Crippen MR) is 142 cm³/mol. The van der Waals surface area contributed by atoms with Crippen LogP contribution in [-0.4, -0.2) is 25.7 Å². The van der Waals surface area contributed by atoms with Gasteiger partial charge in [-0.1, -0.05) is 51.1 Å². The summed E-state index contributed by atoms with van der Waals surface area (Å²) in [4.78, 5) is 8.98. The second kappa shape index (κ2) is 10.1. The van der Waals surface area contributed by atoms with Crippen LogP contribution in [0.3, 0.4) is 0 Å². The smallest absolute Gasteiger partial charge is 0.420 e. The highest BCUT2D eigenvalue weighted by molar-refractivity contribution is 5.89. The van der Waals surface area contributed by atoms with Crippen LogP contribution in [-0.2, 0) is 18.2 Å². The van der Waals surface area contributed by atoms with Crippen LogP contribution in [0.4, 0.5) is 22.0 Å². The van der Waals surface area contributed by atoms with Crippen molar-refractivity contribution < 1.29 is 26.7 Å². The first-order valence-corrected chi connectivity index (χ1v) is 13.3. The summed E-state index contributed by atoms with van der Waals surface area (Å²) in [5, 5.41) is 5.07. The van der Waals surface area contributed by atoms with Crippen LogP contribution in [0.2, 0.25) is 0 Å². The summed E-state index contributed by atoms with van der Waals surface area (Å²) in [7, 11) is 0. The number of aromatic nitrogens is 4. The van der Waals surface area contributed by atoms with Crippen LogP contribution < -0.4 is 4.74 Å². The fraction of sp³-hybridized carbons (Fsp3) is 0.433. The number of hydrogen-bond acceptors (Lipinski definition) is 4. The van der Waals surface area contributed by atoms with Gasteiger partial charge in [-0.2, -0.15) is 18.3 Å². The van der Waals surface area contributed by atoms with E-state index in [1.807, 2.05) is 30.3 Å². The van der Waals surface area contributed by atoms with Gasteiger partial charge in [-0.05, 0) is 31.4 Å². The van der Waals surface area contributed by atoms with Crippen molar-refractivity contribution in [2.75, 3.05) is 0 Å². The molecule has 10 heteroatoms. The number of pyridine rings is 2. The van der Waals surface area contributed by atoms with Gasteiger partial charge < -0.3 is 4.74 Å². The fourth-order valence-corrected chi connectivity index (χ4v) is 5.29. The van der Waals surface area contributed by atoms with Crippen LogP contribution in [0.25, 0.3) is 22.3 Å². The van der Waals surface area contributed by atoms with E-state index in [0.717, 1.165) is 5.56 Å². The number of aryl methyl sites for hydroxylation is 1. The maximum Gasteiger partial charge on any atom is 0.420 e. The number of benzene rings is 1. The SMILES string of the molecule is Cc1nccc2nc(-c3c(C(F)(F)F)c(C(C)(C)C)nn3C3CCC(F)(F)CC3)cc(OCc3ccccc3)c12. The number of nitrogens with zero attached hydrogens (tertiary/aromatic N) is 4. The molecule has 3 heterocycles. The number of fused-ring (bicyclic) bond motifs is 1. The molecule has 0 N–H and O–H groups in total. The van der Waals surface area contributed by atoms with E-state index >= 15 is 0 Å².